The van der Waals surface area contributed by atoms with Crippen LogP contribution >= 0.6 is 0 Å². The van der Waals surface area contributed by atoms with E-state index in [9.17, 15) is 4.79 Å². The molecule has 38 valence electrons. The van der Waals surface area contributed by atoms with E-state index in [2.05, 4.69) is 17.0 Å². The second-order valence-electron chi connectivity index (χ2n) is 0.931. The van der Waals surface area contributed by atoms with Gasteiger partial charge in [-0.3, -0.25) is 4.79 Å². The van der Waals surface area contributed by atoms with Crippen LogP contribution in [-0.4, -0.2) is 5.97 Å². The molecule has 2 heteroatoms. The van der Waals surface area contributed by atoms with E-state index < -0.39 is 0 Å². The zero-order valence-electron chi connectivity index (χ0n) is 4.10. The molecule has 0 saturated heterocycles. The molecule has 0 fully saturated rings. The SMILES string of the molecule is C=C=COC(C)=O. The van der Waals surface area contributed by atoms with Gasteiger partial charge in [0, 0.05) is 6.92 Å². The number of hydrogen-bond donors (Lipinski definition) is 0. The Bertz CT molecular complexity index is 109. The summed E-state index contributed by atoms with van der Waals surface area (Å²) >= 11 is 0. The molecule has 0 bridgehead atoms. The lowest BCUT2D eigenvalue weighted by atomic mass is 10.8. The average Bonchev–Trinajstić information content (AvgIpc) is 1.61. The molecule has 0 aliphatic rings. The highest BCUT2D eigenvalue weighted by atomic mass is 16.5. The Kier molecular flexibility index (Phi) is 2.73. The largest absolute Gasteiger partial charge is 0.426 e. The fraction of sp³-hybridized carbons (Fsp3) is 0.200. The van der Waals surface area contributed by atoms with Crippen molar-refractivity contribution in [2.24, 2.45) is 0 Å². The minimum absolute atomic E-state index is 0.351. The number of ether oxygens (including phenoxy) is 1. The Morgan fingerprint density at radius 1 is 2.00 bits per heavy atom. The quantitative estimate of drug-likeness (QED) is 0.276. The molecule has 0 rings (SSSR count). The molecule has 0 aromatic heterocycles. The van der Waals surface area contributed by atoms with Crippen LogP contribution in [0, 0.1) is 0 Å². The first-order valence-corrected chi connectivity index (χ1v) is 1.79. The molecule has 0 unspecified atom stereocenters. The van der Waals surface area contributed by atoms with Gasteiger partial charge in [-0.2, -0.15) is 0 Å². The summed E-state index contributed by atoms with van der Waals surface area (Å²) in [7, 11) is 0. The molecule has 0 N–H and O–H groups in total. The topological polar surface area (TPSA) is 26.3 Å². The molecule has 0 atom stereocenters. The summed E-state index contributed by atoms with van der Waals surface area (Å²) in [4.78, 5) is 9.88. The van der Waals surface area contributed by atoms with Crippen LogP contribution in [0.25, 0.3) is 0 Å². The molecule has 0 aromatic rings. The summed E-state index contributed by atoms with van der Waals surface area (Å²) in [5.41, 5.74) is 2.28. The predicted molar refractivity (Wildman–Crippen MR) is 25.5 cm³/mol. The smallest absolute Gasteiger partial charge is 0.308 e. The van der Waals surface area contributed by atoms with Gasteiger partial charge in [0.25, 0.3) is 0 Å². The van der Waals surface area contributed by atoms with Crippen molar-refractivity contribution in [3.05, 3.63) is 18.6 Å². The van der Waals surface area contributed by atoms with Crippen molar-refractivity contribution in [2.45, 2.75) is 6.92 Å². The van der Waals surface area contributed by atoms with E-state index in [0.717, 1.165) is 6.26 Å². The van der Waals surface area contributed by atoms with Gasteiger partial charge in [-0.05, 0) is 0 Å². The van der Waals surface area contributed by atoms with Crippen LogP contribution in [-0.2, 0) is 9.53 Å². The molecule has 0 aliphatic heterocycles. The fourth-order valence-corrected chi connectivity index (χ4v) is 0.125. The molecule has 0 saturated carbocycles. The molecular formula is C5H6O2. The van der Waals surface area contributed by atoms with E-state index in [0.29, 0.717) is 0 Å². The van der Waals surface area contributed by atoms with Gasteiger partial charge in [-0.15, -0.1) is 0 Å². The van der Waals surface area contributed by atoms with Gasteiger partial charge in [0.2, 0.25) is 0 Å². The summed E-state index contributed by atoms with van der Waals surface area (Å²) in [6.07, 6.45) is 1.11. The Labute approximate surface area is 42.1 Å². The predicted octanol–water partition coefficient (Wildman–Crippen LogP) is 0.848. The van der Waals surface area contributed by atoms with Gasteiger partial charge in [0.15, 0.2) is 0 Å². The minimum atomic E-state index is -0.351. The third-order valence-corrected chi connectivity index (χ3v) is 0.308. The molecule has 0 heterocycles. The van der Waals surface area contributed by atoms with E-state index in [1.165, 1.54) is 6.92 Å². The molecule has 0 radical (unpaired) electrons. The van der Waals surface area contributed by atoms with Crippen LogP contribution in [0.3, 0.4) is 0 Å². The summed E-state index contributed by atoms with van der Waals surface area (Å²) in [5.74, 6) is -0.351. The van der Waals surface area contributed by atoms with Crippen molar-refractivity contribution in [1.29, 1.82) is 0 Å². The van der Waals surface area contributed by atoms with E-state index in [4.69, 9.17) is 0 Å². The van der Waals surface area contributed by atoms with Gasteiger partial charge in [0.05, 0.1) is 0 Å². The van der Waals surface area contributed by atoms with Crippen molar-refractivity contribution in [1.82, 2.24) is 0 Å². The first-order chi connectivity index (χ1) is 3.27. The Morgan fingerprint density at radius 2 is 2.57 bits per heavy atom. The highest BCUT2D eigenvalue weighted by Crippen LogP contribution is 1.72. The van der Waals surface area contributed by atoms with Crippen molar-refractivity contribution in [2.75, 3.05) is 0 Å². The number of esters is 1. The van der Waals surface area contributed by atoms with Crippen molar-refractivity contribution >= 4 is 5.97 Å². The van der Waals surface area contributed by atoms with Gasteiger partial charge < -0.3 is 4.74 Å². The third kappa shape index (κ3) is 4.99. The normalized spacial score (nSPS) is 6.43. The van der Waals surface area contributed by atoms with Crippen molar-refractivity contribution in [3.8, 4) is 0 Å². The molecule has 0 aromatic carbocycles. The third-order valence-electron chi connectivity index (χ3n) is 0.308. The fourth-order valence-electron chi connectivity index (χ4n) is 0.125. The second kappa shape index (κ2) is 3.19. The van der Waals surface area contributed by atoms with E-state index in [1.54, 1.807) is 0 Å². The Morgan fingerprint density at radius 3 is 2.71 bits per heavy atom. The lowest BCUT2D eigenvalue weighted by Gasteiger charge is -1.83. The maximum Gasteiger partial charge on any atom is 0.308 e. The molecule has 2 nitrogen and oxygen atoms in total. The van der Waals surface area contributed by atoms with Gasteiger partial charge in [-0.1, -0.05) is 12.3 Å². The van der Waals surface area contributed by atoms with Gasteiger partial charge in [0.1, 0.15) is 6.26 Å². The molecular weight excluding hydrogens is 92.1 g/mol. The zero-order chi connectivity index (χ0) is 5.70. The lowest BCUT2D eigenvalue weighted by molar-refractivity contribution is -0.135. The number of carbonyl (C=O) groups is 1. The highest BCUT2D eigenvalue weighted by molar-refractivity contribution is 5.66. The van der Waals surface area contributed by atoms with Gasteiger partial charge >= 0.3 is 5.97 Å². The average molecular weight is 98.1 g/mol. The van der Waals surface area contributed by atoms with Gasteiger partial charge in [-0.25, -0.2) is 0 Å². The van der Waals surface area contributed by atoms with Crippen LogP contribution in [0.4, 0.5) is 0 Å². The van der Waals surface area contributed by atoms with E-state index >= 15 is 0 Å². The highest BCUT2D eigenvalue weighted by Gasteiger charge is 1.80. The maximum atomic E-state index is 9.88. The van der Waals surface area contributed by atoms with Crippen LogP contribution in [0.15, 0.2) is 18.6 Å². The summed E-state index contributed by atoms with van der Waals surface area (Å²) in [6.45, 7) is 4.49. The van der Waals surface area contributed by atoms with Crippen LogP contribution in [0.1, 0.15) is 6.92 Å². The van der Waals surface area contributed by atoms with Crippen LogP contribution in [0.2, 0.25) is 0 Å². The standard InChI is InChI=1S/C5H6O2/c1-3-4-7-5(2)6/h4H,1H2,2H3. The van der Waals surface area contributed by atoms with Crippen LogP contribution in [0.5, 0.6) is 0 Å². The number of carbonyl (C=O) groups excluding carboxylic acids is 1. The molecule has 0 aliphatic carbocycles. The first kappa shape index (κ1) is 5.99. The Balaban J connectivity index is 3.32. The number of hydrogen-bond acceptors (Lipinski definition) is 2. The second-order valence-corrected chi connectivity index (χ2v) is 0.931. The minimum Gasteiger partial charge on any atom is -0.426 e. The number of rotatable bonds is 1. The van der Waals surface area contributed by atoms with Crippen molar-refractivity contribution in [3.63, 3.8) is 0 Å². The summed E-state index contributed by atoms with van der Waals surface area (Å²) < 4.78 is 4.25. The zero-order valence-corrected chi connectivity index (χ0v) is 4.10. The van der Waals surface area contributed by atoms with Crippen LogP contribution < -0.4 is 0 Å². The van der Waals surface area contributed by atoms with Crippen molar-refractivity contribution < 1.29 is 9.53 Å². The first-order valence-electron chi connectivity index (χ1n) is 1.79. The molecule has 0 spiro atoms. The molecule has 7 heavy (non-hydrogen) atoms. The van der Waals surface area contributed by atoms with E-state index in [-0.39, 0.29) is 5.97 Å². The summed E-state index contributed by atoms with van der Waals surface area (Å²) in [6, 6.07) is 0. The summed E-state index contributed by atoms with van der Waals surface area (Å²) in [5, 5.41) is 0. The maximum absolute atomic E-state index is 9.88. The Hall–Kier alpha value is -1.01. The lowest BCUT2D eigenvalue weighted by Crippen LogP contribution is -1.87. The van der Waals surface area contributed by atoms with E-state index in [1.807, 2.05) is 0 Å². The molecule has 0 amide bonds. The monoisotopic (exact) mass is 98.0 g/mol.